The van der Waals surface area contributed by atoms with E-state index < -0.39 is 24.1 Å². The standard InChI is InChI=1S/C25H31N3O3/c1-16(20(29)15-25(2,3)4)23(30)27-22-24(31)28(5)19-14-10-9-13-18(19)21(26-22)17-11-7-6-8-12-17/h6-14,16,20,22,29H,15H2,1-5H3,(H,27,30). The van der Waals surface area contributed by atoms with Gasteiger partial charge in [-0.25, -0.2) is 4.99 Å². The van der Waals surface area contributed by atoms with Crippen LogP contribution in [0.3, 0.4) is 0 Å². The van der Waals surface area contributed by atoms with Crippen molar-refractivity contribution in [2.24, 2.45) is 16.3 Å². The molecule has 2 amide bonds. The first-order chi connectivity index (χ1) is 14.6. The quantitative estimate of drug-likeness (QED) is 0.777. The number of amides is 2. The summed E-state index contributed by atoms with van der Waals surface area (Å²) in [5.74, 6) is -1.40. The van der Waals surface area contributed by atoms with Gasteiger partial charge in [-0.3, -0.25) is 9.59 Å². The highest BCUT2D eigenvalue weighted by atomic mass is 16.3. The molecule has 6 nitrogen and oxygen atoms in total. The van der Waals surface area contributed by atoms with Crippen molar-refractivity contribution >= 4 is 23.2 Å². The molecule has 0 bridgehead atoms. The molecule has 3 atom stereocenters. The van der Waals surface area contributed by atoms with Crippen molar-refractivity contribution in [1.29, 1.82) is 0 Å². The number of aliphatic hydroxyl groups is 1. The molecule has 0 saturated carbocycles. The van der Waals surface area contributed by atoms with E-state index in [1.54, 1.807) is 14.0 Å². The van der Waals surface area contributed by atoms with Crippen LogP contribution in [0.25, 0.3) is 0 Å². The summed E-state index contributed by atoms with van der Waals surface area (Å²) in [6, 6.07) is 17.2. The second-order valence-corrected chi connectivity index (χ2v) is 9.29. The van der Waals surface area contributed by atoms with Gasteiger partial charge >= 0.3 is 0 Å². The maximum Gasteiger partial charge on any atom is 0.272 e. The molecule has 3 unspecified atom stereocenters. The van der Waals surface area contributed by atoms with Gasteiger partial charge in [-0.15, -0.1) is 0 Å². The molecule has 0 fully saturated rings. The van der Waals surface area contributed by atoms with E-state index in [2.05, 4.69) is 10.3 Å². The lowest BCUT2D eigenvalue weighted by atomic mass is 9.85. The van der Waals surface area contributed by atoms with Crippen LogP contribution >= 0.6 is 0 Å². The van der Waals surface area contributed by atoms with Crippen molar-refractivity contribution in [3.63, 3.8) is 0 Å². The molecule has 6 heteroatoms. The third-order valence-corrected chi connectivity index (χ3v) is 5.48. The van der Waals surface area contributed by atoms with Gasteiger partial charge in [0.25, 0.3) is 5.91 Å². The van der Waals surface area contributed by atoms with E-state index in [1.807, 2.05) is 75.4 Å². The normalized spacial score (nSPS) is 18.5. The Labute approximate surface area is 184 Å². The predicted molar refractivity (Wildman–Crippen MR) is 123 cm³/mol. The first-order valence-corrected chi connectivity index (χ1v) is 10.6. The van der Waals surface area contributed by atoms with Gasteiger partial charge in [0, 0.05) is 18.2 Å². The number of benzodiazepines with no additional fused rings is 1. The molecule has 0 aliphatic carbocycles. The van der Waals surface area contributed by atoms with Crippen LogP contribution in [0.15, 0.2) is 59.6 Å². The minimum absolute atomic E-state index is 0.118. The summed E-state index contributed by atoms with van der Waals surface area (Å²) in [6.07, 6.45) is -1.41. The number of anilines is 1. The highest BCUT2D eigenvalue weighted by Crippen LogP contribution is 2.28. The molecule has 0 aromatic heterocycles. The van der Waals surface area contributed by atoms with Crippen LogP contribution in [0, 0.1) is 11.3 Å². The monoisotopic (exact) mass is 421 g/mol. The van der Waals surface area contributed by atoms with Crippen LogP contribution in [-0.2, 0) is 9.59 Å². The largest absolute Gasteiger partial charge is 0.392 e. The Morgan fingerprint density at radius 2 is 1.74 bits per heavy atom. The minimum Gasteiger partial charge on any atom is -0.392 e. The summed E-state index contributed by atoms with van der Waals surface area (Å²) < 4.78 is 0. The molecule has 2 N–H and O–H groups in total. The van der Waals surface area contributed by atoms with Crippen molar-refractivity contribution in [2.45, 2.75) is 46.4 Å². The Bertz CT molecular complexity index is 979. The van der Waals surface area contributed by atoms with Crippen molar-refractivity contribution in [3.8, 4) is 0 Å². The number of benzene rings is 2. The number of carbonyl (C=O) groups is 2. The Hall–Kier alpha value is -2.99. The molecule has 0 radical (unpaired) electrons. The fraction of sp³-hybridized carbons (Fsp3) is 0.400. The molecular formula is C25H31N3O3. The van der Waals surface area contributed by atoms with Gasteiger partial charge in [0.05, 0.1) is 23.4 Å². The smallest absolute Gasteiger partial charge is 0.272 e. The Morgan fingerprint density at radius 3 is 2.39 bits per heavy atom. The highest BCUT2D eigenvalue weighted by Gasteiger charge is 2.33. The Balaban J connectivity index is 1.95. The lowest BCUT2D eigenvalue weighted by Crippen LogP contribution is -2.49. The summed E-state index contributed by atoms with van der Waals surface area (Å²) in [5, 5.41) is 13.3. The zero-order chi connectivity index (χ0) is 22.8. The van der Waals surface area contributed by atoms with Crippen LogP contribution in [0.2, 0.25) is 0 Å². The van der Waals surface area contributed by atoms with E-state index in [4.69, 9.17) is 0 Å². The zero-order valence-electron chi connectivity index (χ0n) is 18.8. The maximum absolute atomic E-state index is 13.2. The van der Waals surface area contributed by atoms with Crippen molar-refractivity contribution in [3.05, 3.63) is 65.7 Å². The van der Waals surface area contributed by atoms with E-state index >= 15 is 0 Å². The van der Waals surface area contributed by atoms with Crippen molar-refractivity contribution in [2.75, 3.05) is 11.9 Å². The number of rotatable bonds is 5. The molecule has 1 aliphatic rings. The Kier molecular flexibility index (Phi) is 6.60. The fourth-order valence-electron chi connectivity index (χ4n) is 3.69. The van der Waals surface area contributed by atoms with Gasteiger partial charge in [0.15, 0.2) is 0 Å². The molecular weight excluding hydrogens is 390 g/mol. The average Bonchev–Trinajstić information content (AvgIpc) is 2.83. The number of carbonyl (C=O) groups excluding carboxylic acids is 2. The minimum atomic E-state index is -1.08. The SMILES string of the molecule is CC(C(=O)NC1N=C(c2ccccc2)c2ccccc2N(C)C1=O)C(O)CC(C)(C)C. The molecule has 2 aromatic carbocycles. The molecule has 2 aromatic rings. The number of aliphatic hydroxyl groups excluding tert-OH is 1. The van der Waals surface area contributed by atoms with Crippen LogP contribution in [-0.4, -0.2) is 41.9 Å². The van der Waals surface area contributed by atoms with Gasteiger partial charge in [0.2, 0.25) is 12.1 Å². The van der Waals surface area contributed by atoms with Crippen LogP contribution in [0.5, 0.6) is 0 Å². The Morgan fingerprint density at radius 1 is 1.13 bits per heavy atom. The number of fused-ring (bicyclic) bond motifs is 1. The molecule has 1 aliphatic heterocycles. The number of para-hydroxylation sites is 1. The van der Waals surface area contributed by atoms with Crippen LogP contribution in [0.1, 0.15) is 45.2 Å². The van der Waals surface area contributed by atoms with Crippen LogP contribution in [0.4, 0.5) is 5.69 Å². The van der Waals surface area contributed by atoms with Crippen molar-refractivity contribution in [1.82, 2.24) is 5.32 Å². The third-order valence-electron chi connectivity index (χ3n) is 5.48. The van der Waals surface area contributed by atoms with E-state index in [-0.39, 0.29) is 11.3 Å². The molecule has 1 heterocycles. The summed E-state index contributed by atoms with van der Waals surface area (Å²) in [6.45, 7) is 7.71. The lowest BCUT2D eigenvalue weighted by Gasteiger charge is -2.27. The van der Waals surface area contributed by atoms with E-state index in [0.29, 0.717) is 12.1 Å². The number of likely N-dealkylation sites (N-methyl/N-ethyl adjacent to an activating group) is 1. The number of nitrogens with one attached hydrogen (secondary N) is 1. The average molecular weight is 422 g/mol. The number of hydrogen-bond acceptors (Lipinski definition) is 4. The highest BCUT2D eigenvalue weighted by molar-refractivity contribution is 6.20. The van der Waals surface area contributed by atoms with E-state index in [1.165, 1.54) is 4.90 Å². The van der Waals surface area contributed by atoms with Gasteiger partial charge in [0.1, 0.15) is 0 Å². The molecule has 31 heavy (non-hydrogen) atoms. The number of aliphatic imine (C=N–C) groups is 1. The van der Waals surface area contributed by atoms with Crippen molar-refractivity contribution < 1.29 is 14.7 Å². The second-order valence-electron chi connectivity index (χ2n) is 9.29. The molecule has 164 valence electrons. The molecule has 0 saturated heterocycles. The summed E-state index contributed by atoms with van der Waals surface area (Å²) >= 11 is 0. The number of nitrogens with zero attached hydrogens (tertiary/aromatic N) is 2. The summed E-state index contributed by atoms with van der Waals surface area (Å²) in [7, 11) is 1.68. The summed E-state index contributed by atoms with van der Waals surface area (Å²) in [5.41, 5.74) is 2.93. The maximum atomic E-state index is 13.2. The predicted octanol–water partition coefficient (Wildman–Crippen LogP) is 3.38. The summed E-state index contributed by atoms with van der Waals surface area (Å²) in [4.78, 5) is 32.3. The third kappa shape index (κ3) is 5.20. The lowest BCUT2D eigenvalue weighted by molar-refractivity contribution is -0.132. The molecule has 0 spiro atoms. The topological polar surface area (TPSA) is 82.0 Å². The van der Waals surface area contributed by atoms with Gasteiger partial charge in [-0.1, -0.05) is 76.2 Å². The van der Waals surface area contributed by atoms with Gasteiger partial charge in [-0.2, -0.15) is 0 Å². The first kappa shape index (κ1) is 22.7. The van der Waals surface area contributed by atoms with Gasteiger partial charge in [-0.05, 0) is 17.9 Å². The number of hydrogen-bond donors (Lipinski definition) is 2. The zero-order valence-corrected chi connectivity index (χ0v) is 18.8. The molecule has 3 rings (SSSR count). The van der Waals surface area contributed by atoms with E-state index in [9.17, 15) is 14.7 Å². The van der Waals surface area contributed by atoms with Gasteiger partial charge < -0.3 is 15.3 Å². The van der Waals surface area contributed by atoms with Crippen LogP contribution < -0.4 is 10.2 Å². The second kappa shape index (κ2) is 9.02. The first-order valence-electron chi connectivity index (χ1n) is 10.6. The van der Waals surface area contributed by atoms with E-state index in [0.717, 1.165) is 16.8 Å². The fourth-order valence-corrected chi connectivity index (χ4v) is 3.69.